The Labute approximate surface area is 197 Å². The van der Waals surface area contributed by atoms with Gasteiger partial charge >= 0.3 is 5.97 Å². The number of aromatic hydroxyl groups is 2. The van der Waals surface area contributed by atoms with Gasteiger partial charge in [0, 0.05) is 48.2 Å². The molecule has 9 heteroatoms. The van der Waals surface area contributed by atoms with Crippen LogP contribution in [0.1, 0.15) is 34.8 Å². The van der Waals surface area contributed by atoms with Crippen LogP contribution < -0.4 is 0 Å². The van der Waals surface area contributed by atoms with Crippen LogP contribution in [-0.4, -0.2) is 39.1 Å². The van der Waals surface area contributed by atoms with E-state index >= 15 is 0 Å². The highest BCUT2D eigenvalue weighted by Gasteiger charge is 2.30. The minimum absolute atomic E-state index is 0.178. The maximum Gasteiger partial charge on any atom is 0.339 e. The standard InChI is InChI=1S/C26H20F3NO5/c27-15-10-20-24(22(32)11-15)23(14-1-3-17(26(33)34)21(31)9-14)25(13-5-7-35-8-6-13)30(20)16-2-4-18(28)19(29)12-16/h1-4,9-13,31-32H,5-8H2,(H,33,34). The fraction of sp³-hybridized carbons (Fsp3) is 0.192. The van der Waals surface area contributed by atoms with E-state index in [2.05, 4.69) is 0 Å². The van der Waals surface area contributed by atoms with E-state index in [0.29, 0.717) is 42.9 Å². The van der Waals surface area contributed by atoms with Crippen LogP contribution in [0.5, 0.6) is 11.5 Å². The van der Waals surface area contributed by atoms with E-state index in [1.165, 1.54) is 30.3 Å². The van der Waals surface area contributed by atoms with Gasteiger partial charge in [-0.05, 0) is 48.7 Å². The number of fused-ring (bicyclic) bond motifs is 1. The molecule has 3 N–H and O–H groups in total. The third-order valence-electron chi connectivity index (χ3n) is 6.34. The van der Waals surface area contributed by atoms with Crippen LogP contribution >= 0.6 is 0 Å². The van der Waals surface area contributed by atoms with Crippen LogP contribution in [0.3, 0.4) is 0 Å². The zero-order chi connectivity index (χ0) is 24.9. The first kappa shape index (κ1) is 22.8. The number of carbonyl (C=O) groups is 1. The van der Waals surface area contributed by atoms with E-state index < -0.39 is 29.2 Å². The number of benzene rings is 3. The highest BCUT2D eigenvalue weighted by atomic mass is 19.2. The summed E-state index contributed by atoms with van der Waals surface area (Å²) in [4.78, 5) is 11.4. The lowest BCUT2D eigenvalue weighted by Crippen LogP contribution is -2.17. The van der Waals surface area contributed by atoms with E-state index in [0.717, 1.165) is 18.2 Å². The first-order valence-corrected chi connectivity index (χ1v) is 10.9. The molecule has 0 atom stereocenters. The molecule has 4 aromatic rings. The number of aromatic nitrogens is 1. The zero-order valence-corrected chi connectivity index (χ0v) is 18.3. The number of hydrogen-bond acceptors (Lipinski definition) is 4. The minimum Gasteiger partial charge on any atom is -0.507 e. The molecule has 0 amide bonds. The molecule has 0 aliphatic carbocycles. The van der Waals surface area contributed by atoms with Gasteiger partial charge in [-0.2, -0.15) is 0 Å². The van der Waals surface area contributed by atoms with Crippen molar-refractivity contribution in [3.63, 3.8) is 0 Å². The Hall–Kier alpha value is -3.98. The van der Waals surface area contributed by atoms with Crippen molar-refractivity contribution in [3.8, 4) is 28.3 Å². The number of aromatic carboxylic acids is 1. The topological polar surface area (TPSA) is 91.9 Å². The molecule has 35 heavy (non-hydrogen) atoms. The number of phenols is 2. The predicted molar refractivity (Wildman–Crippen MR) is 122 cm³/mol. The molecular weight excluding hydrogens is 463 g/mol. The average molecular weight is 483 g/mol. The molecule has 1 aromatic heterocycles. The first-order chi connectivity index (χ1) is 16.8. The van der Waals surface area contributed by atoms with Gasteiger partial charge in [0.25, 0.3) is 0 Å². The van der Waals surface area contributed by atoms with Gasteiger partial charge in [-0.3, -0.25) is 0 Å². The van der Waals surface area contributed by atoms with Crippen LogP contribution in [0.15, 0.2) is 48.5 Å². The number of carboxylic acids is 1. The van der Waals surface area contributed by atoms with E-state index in [9.17, 15) is 33.3 Å². The first-order valence-electron chi connectivity index (χ1n) is 10.9. The summed E-state index contributed by atoms with van der Waals surface area (Å²) in [6.07, 6.45) is 1.13. The molecular formula is C26H20F3NO5. The van der Waals surface area contributed by atoms with Crippen LogP contribution in [0.4, 0.5) is 13.2 Å². The summed E-state index contributed by atoms with van der Waals surface area (Å²) in [6, 6.07) is 9.44. The van der Waals surface area contributed by atoms with E-state index in [-0.39, 0.29) is 33.8 Å². The Kier molecular flexibility index (Phi) is 5.64. The summed E-state index contributed by atoms with van der Waals surface area (Å²) < 4.78 is 49.6. The summed E-state index contributed by atoms with van der Waals surface area (Å²) in [7, 11) is 0. The number of halogens is 3. The number of carboxylic acid groups (broad SMARTS) is 1. The number of ether oxygens (including phenoxy) is 1. The van der Waals surface area contributed by atoms with Crippen molar-refractivity contribution in [2.75, 3.05) is 13.2 Å². The number of nitrogens with zero attached hydrogens (tertiary/aromatic N) is 1. The summed E-state index contributed by atoms with van der Waals surface area (Å²) in [5.41, 5.74) is 1.52. The second-order valence-corrected chi connectivity index (χ2v) is 8.44. The molecule has 5 rings (SSSR count). The van der Waals surface area contributed by atoms with Crippen molar-refractivity contribution in [2.24, 2.45) is 0 Å². The van der Waals surface area contributed by atoms with Gasteiger partial charge < -0.3 is 24.6 Å². The lowest BCUT2D eigenvalue weighted by molar-refractivity contribution is 0.0693. The summed E-state index contributed by atoms with van der Waals surface area (Å²) in [6.45, 7) is 0.875. The normalized spacial score (nSPS) is 14.5. The molecule has 1 fully saturated rings. The van der Waals surface area contributed by atoms with Gasteiger partial charge in [0.05, 0.1) is 10.9 Å². The van der Waals surface area contributed by atoms with Gasteiger partial charge in [0.1, 0.15) is 22.9 Å². The molecule has 0 spiro atoms. The number of phenolic OH excluding ortho intramolecular Hbond substituents is 1. The maximum atomic E-state index is 14.5. The van der Waals surface area contributed by atoms with Gasteiger partial charge in [0.15, 0.2) is 11.6 Å². The lowest BCUT2D eigenvalue weighted by atomic mass is 9.89. The molecule has 0 bridgehead atoms. The average Bonchev–Trinajstić information content (AvgIpc) is 3.16. The third kappa shape index (κ3) is 3.87. The molecule has 0 radical (unpaired) electrons. The molecule has 1 aliphatic rings. The molecule has 180 valence electrons. The van der Waals surface area contributed by atoms with Crippen molar-refractivity contribution in [1.82, 2.24) is 4.57 Å². The van der Waals surface area contributed by atoms with Crippen molar-refractivity contribution < 1.29 is 38.0 Å². The molecule has 2 heterocycles. The number of rotatable bonds is 4. The Morgan fingerprint density at radius 3 is 2.31 bits per heavy atom. The fourth-order valence-electron chi connectivity index (χ4n) is 4.80. The SMILES string of the molecule is O=C(O)c1ccc(-c2c(C3CCOCC3)n(-c3ccc(F)c(F)c3)c3cc(F)cc(O)c23)cc1O. The van der Waals surface area contributed by atoms with E-state index in [1.807, 2.05) is 0 Å². The molecule has 0 unspecified atom stereocenters. The second kappa shape index (κ2) is 8.66. The number of hydrogen-bond donors (Lipinski definition) is 3. The second-order valence-electron chi connectivity index (χ2n) is 8.44. The van der Waals surface area contributed by atoms with Crippen LogP contribution in [0.25, 0.3) is 27.7 Å². The Bertz CT molecular complexity index is 1470. The molecule has 3 aromatic carbocycles. The predicted octanol–water partition coefficient (Wildman–Crippen LogP) is 5.72. The zero-order valence-electron chi connectivity index (χ0n) is 18.3. The lowest BCUT2D eigenvalue weighted by Gasteiger charge is -2.26. The van der Waals surface area contributed by atoms with E-state index in [4.69, 9.17) is 4.74 Å². The largest absolute Gasteiger partial charge is 0.507 e. The highest BCUT2D eigenvalue weighted by Crippen LogP contribution is 2.47. The fourth-order valence-corrected chi connectivity index (χ4v) is 4.80. The van der Waals surface area contributed by atoms with Crippen molar-refractivity contribution in [3.05, 3.63) is 77.2 Å². The van der Waals surface area contributed by atoms with Gasteiger partial charge in [-0.1, -0.05) is 6.07 Å². The molecule has 6 nitrogen and oxygen atoms in total. The maximum absolute atomic E-state index is 14.5. The van der Waals surface area contributed by atoms with Crippen LogP contribution in [0.2, 0.25) is 0 Å². The summed E-state index contributed by atoms with van der Waals surface area (Å²) in [5.74, 6) is -5.22. The van der Waals surface area contributed by atoms with E-state index in [1.54, 1.807) is 4.57 Å². The molecule has 1 saturated heterocycles. The monoisotopic (exact) mass is 483 g/mol. The summed E-state index contributed by atoms with van der Waals surface area (Å²) in [5, 5.41) is 30.7. The smallest absolute Gasteiger partial charge is 0.339 e. The molecule has 1 aliphatic heterocycles. The Morgan fingerprint density at radius 1 is 0.914 bits per heavy atom. The van der Waals surface area contributed by atoms with Gasteiger partial charge in [0.2, 0.25) is 0 Å². The summed E-state index contributed by atoms with van der Waals surface area (Å²) >= 11 is 0. The third-order valence-corrected chi connectivity index (χ3v) is 6.34. The Balaban J connectivity index is 1.91. The van der Waals surface area contributed by atoms with Gasteiger partial charge in [-0.25, -0.2) is 18.0 Å². The van der Waals surface area contributed by atoms with Gasteiger partial charge in [-0.15, -0.1) is 0 Å². The minimum atomic E-state index is -1.31. The van der Waals surface area contributed by atoms with Crippen LogP contribution in [-0.2, 0) is 4.74 Å². The van der Waals surface area contributed by atoms with Crippen molar-refractivity contribution in [2.45, 2.75) is 18.8 Å². The quantitative estimate of drug-likeness (QED) is 0.345. The van der Waals surface area contributed by atoms with Crippen molar-refractivity contribution >= 4 is 16.9 Å². The highest BCUT2D eigenvalue weighted by molar-refractivity contribution is 6.04. The Morgan fingerprint density at radius 2 is 1.66 bits per heavy atom. The molecule has 0 saturated carbocycles. The van der Waals surface area contributed by atoms with Crippen LogP contribution in [0, 0.1) is 17.5 Å². The van der Waals surface area contributed by atoms with Crippen molar-refractivity contribution in [1.29, 1.82) is 0 Å².